The number of nitro groups is 1. The van der Waals surface area contributed by atoms with E-state index in [-0.39, 0.29) is 17.3 Å². The fourth-order valence-electron chi connectivity index (χ4n) is 3.82. The summed E-state index contributed by atoms with van der Waals surface area (Å²) in [6.45, 7) is 0.492. The predicted octanol–water partition coefficient (Wildman–Crippen LogP) is 3.79. The number of rotatable bonds is 4. The lowest BCUT2D eigenvalue weighted by Crippen LogP contribution is -2.42. The lowest BCUT2D eigenvalue weighted by atomic mass is 9.89. The second-order valence-electron chi connectivity index (χ2n) is 6.96. The molecule has 1 heterocycles. The van der Waals surface area contributed by atoms with Gasteiger partial charge >= 0.3 is 5.51 Å². The number of benzene rings is 1. The first-order valence-electron chi connectivity index (χ1n) is 8.54. The number of sulfone groups is 1. The number of alkyl halides is 3. The second-order valence-corrected chi connectivity index (χ2v) is 8.90. The Kier molecular flexibility index (Phi) is 5.10. The third-order valence-electron chi connectivity index (χ3n) is 5.15. The van der Waals surface area contributed by atoms with Crippen LogP contribution in [0.3, 0.4) is 0 Å². The summed E-state index contributed by atoms with van der Waals surface area (Å²) in [4.78, 5) is 9.27. The minimum absolute atomic E-state index is 0.00108. The van der Waals surface area contributed by atoms with Gasteiger partial charge in [-0.15, -0.1) is 0 Å². The van der Waals surface area contributed by atoms with Crippen LogP contribution in [-0.2, 0) is 14.6 Å². The molecule has 1 atom stereocenters. The number of halogens is 3. The highest BCUT2D eigenvalue weighted by Crippen LogP contribution is 2.41. The van der Waals surface area contributed by atoms with Gasteiger partial charge in [0.1, 0.15) is 5.69 Å². The largest absolute Gasteiger partial charge is 0.501 e. The lowest BCUT2D eigenvalue weighted by molar-refractivity contribution is -0.384. The van der Waals surface area contributed by atoms with E-state index in [4.69, 9.17) is 4.74 Å². The molecule has 0 aromatic heterocycles. The van der Waals surface area contributed by atoms with Gasteiger partial charge in [0.05, 0.1) is 15.4 Å². The van der Waals surface area contributed by atoms with Gasteiger partial charge < -0.3 is 10.1 Å². The molecule has 1 aliphatic heterocycles. The van der Waals surface area contributed by atoms with E-state index in [2.05, 4.69) is 5.32 Å². The van der Waals surface area contributed by atoms with Crippen molar-refractivity contribution in [3.8, 4) is 0 Å². The van der Waals surface area contributed by atoms with Crippen molar-refractivity contribution in [1.29, 1.82) is 0 Å². The summed E-state index contributed by atoms with van der Waals surface area (Å²) in [5.41, 5.74) is -6.47. The maximum absolute atomic E-state index is 12.7. The molecule has 1 N–H and O–H groups in total. The molecular formula is C16H19F3N2O5S. The predicted molar refractivity (Wildman–Crippen MR) is 90.1 cm³/mol. The molecule has 1 aliphatic carbocycles. The Labute approximate surface area is 154 Å². The first-order valence-corrected chi connectivity index (χ1v) is 10.0. The zero-order valence-corrected chi connectivity index (χ0v) is 15.1. The van der Waals surface area contributed by atoms with E-state index in [9.17, 15) is 31.7 Å². The minimum Gasteiger partial charge on any atom is -0.377 e. The highest BCUT2D eigenvalue weighted by atomic mass is 32.2. The van der Waals surface area contributed by atoms with Gasteiger partial charge in [-0.2, -0.15) is 13.2 Å². The standard InChI is InChI=1S/C16H19F3N2O5S/c17-16(18,19)27(24,25)12-3-4-13(14(9-12)21(22)23)20-11-5-8-26-15(10-11)6-1-2-7-15/h3-4,9,11,20H,1-2,5-8,10H2. The molecule has 1 aromatic rings. The van der Waals surface area contributed by atoms with Gasteiger partial charge in [0, 0.05) is 18.7 Å². The van der Waals surface area contributed by atoms with Gasteiger partial charge in [-0.25, -0.2) is 8.42 Å². The summed E-state index contributed by atoms with van der Waals surface area (Å²) in [6.07, 6.45) is 5.17. The smallest absolute Gasteiger partial charge is 0.377 e. The van der Waals surface area contributed by atoms with Crippen LogP contribution >= 0.6 is 0 Å². The molecule has 11 heteroatoms. The van der Waals surface area contributed by atoms with Gasteiger partial charge in [-0.3, -0.25) is 10.1 Å². The number of nitro benzene ring substituents is 1. The van der Waals surface area contributed by atoms with E-state index in [1.165, 1.54) is 0 Å². The van der Waals surface area contributed by atoms with E-state index in [0.717, 1.165) is 37.8 Å². The van der Waals surface area contributed by atoms with Crippen molar-refractivity contribution >= 4 is 21.2 Å². The van der Waals surface area contributed by atoms with Crippen LogP contribution in [0, 0.1) is 10.1 Å². The van der Waals surface area contributed by atoms with Crippen LogP contribution in [0.15, 0.2) is 23.1 Å². The zero-order valence-electron chi connectivity index (χ0n) is 14.3. The van der Waals surface area contributed by atoms with Gasteiger partial charge in [0.15, 0.2) is 0 Å². The molecular weight excluding hydrogens is 389 g/mol. The van der Waals surface area contributed by atoms with E-state index in [0.29, 0.717) is 25.5 Å². The molecule has 27 heavy (non-hydrogen) atoms. The fraction of sp³-hybridized carbons (Fsp3) is 0.625. The molecule has 2 aliphatic rings. The summed E-state index contributed by atoms with van der Waals surface area (Å²) in [5, 5.41) is 14.3. The first kappa shape index (κ1) is 19.9. The van der Waals surface area contributed by atoms with E-state index in [1.54, 1.807) is 0 Å². The Hall–Kier alpha value is -1.88. The highest BCUT2D eigenvalue weighted by Gasteiger charge is 2.47. The summed E-state index contributed by atoms with van der Waals surface area (Å²) >= 11 is 0. The molecule has 7 nitrogen and oxygen atoms in total. The van der Waals surface area contributed by atoms with Crippen LogP contribution in [0.5, 0.6) is 0 Å². The van der Waals surface area contributed by atoms with Crippen LogP contribution < -0.4 is 5.32 Å². The monoisotopic (exact) mass is 408 g/mol. The molecule has 2 fully saturated rings. The average Bonchev–Trinajstić information content (AvgIpc) is 3.01. The Morgan fingerprint density at radius 2 is 1.93 bits per heavy atom. The van der Waals surface area contributed by atoms with Crippen molar-refractivity contribution in [2.24, 2.45) is 0 Å². The Bertz CT molecular complexity index is 835. The summed E-state index contributed by atoms with van der Waals surface area (Å²) in [7, 11) is -5.65. The molecule has 1 spiro atoms. The molecule has 1 saturated carbocycles. The van der Waals surface area contributed by atoms with E-state index < -0.39 is 30.9 Å². The number of ether oxygens (including phenoxy) is 1. The van der Waals surface area contributed by atoms with Crippen LogP contribution in [0.2, 0.25) is 0 Å². The molecule has 1 aromatic carbocycles. The van der Waals surface area contributed by atoms with Gasteiger partial charge in [-0.1, -0.05) is 12.8 Å². The molecule has 3 rings (SSSR count). The topological polar surface area (TPSA) is 98.5 Å². The third-order valence-corrected chi connectivity index (χ3v) is 6.63. The maximum atomic E-state index is 12.7. The minimum atomic E-state index is -5.65. The van der Waals surface area contributed by atoms with Crippen molar-refractivity contribution in [3.05, 3.63) is 28.3 Å². The van der Waals surface area contributed by atoms with Crippen LogP contribution in [0.4, 0.5) is 24.5 Å². The van der Waals surface area contributed by atoms with Crippen LogP contribution in [-0.4, -0.2) is 37.1 Å². The quantitative estimate of drug-likeness (QED) is 0.601. The molecule has 0 amide bonds. The molecule has 0 radical (unpaired) electrons. The second kappa shape index (κ2) is 6.93. The van der Waals surface area contributed by atoms with Crippen molar-refractivity contribution < 1.29 is 31.2 Å². The SMILES string of the molecule is O=[N+]([O-])c1cc(S(=O)(=O)C(F)(F)F)ccc1NC1CCOC2(CCCC2)C1. The summed E-state index contributed by atoms with van der Waals surface area (Å²) in [6, 6.07) is 2.08. The van der Waals surface area contributed by atoms with Crippen molar-refractivity contribution in [3.63, 3.8) is 0 Å². The Morgan fingerprint density at radius 3 is 2.52 bits per heavy atom. The Balaban J connectivity index is 1.87. The lowest BCUT2D eigenvalue weighted by Gasteiger charge is -2.38. The highest BCUT2D eigenvalue weighted by molar-refractivity contribution is 7.92. The summed E-state index contributed by atoms with van der Waals surface area (Å²) in [5.74, 6) is 0. The van der Waals surface area contributed by atoms with Crippen LogP contribution in [0.1, 0.15) is 38.5 Å². The number of nitrogens with zero attached hydrogens (tertiary/aromatic N) is 1. The average molecular weight is 408 g/mol. The van der Waals surface area contributed by atoms with Crippen molar-refractivity contribution in [1.82, 2.24) is 0 Å². The fourth-order valence-corrected chi connectivity index (χ4v) is 4.61. The molecule has 1 unspecified atom stereocenters. The molecule has 1 saturated heterocycles. The first-order chi connectivity index (χ1) is 12.5. The number of hydrogen-bond donors (Lipinski definition) is 1. The van der Waals surface area contributed by atoms with Crippen LogP contribution in [0.25, 0.3) is 0 Å². The van der Waals surface area contributed by atoms with Gasteiger partial charge in [-0.05, 0) is 37.8 Å². The number of hydrogen-bond acceptors (Lipinski definition) is 6. The third kappa shape index (κ3) is 3.88. The molecule has 150 valence electrons. The summed E-state index contributed by atoms with van der Waals surface area (Å²) < 4.78 is 67.0. The van der Waals surface area contributed by atoms with E-state index in [1.807, 2.05) is 0 Å². The van der Waals surface area contributed by atoms with Gasteiger partial charge in [0.2, 0.25) is 0 Å². The number of anilines is 1. The van der Waals surface area contributed by atoms with E-state index >= 15 is 0 Å². The number of nitrogens with one attached hydrogen (secondary N) is 1. The van der Waals surface area contributed by atoms with Gasteiger partial charge in [0.25, 0.3) is 15.5 Å². The normalized spacial score (nSPS) is 22.7. The molecule has 0 bridgehead atoms. The van der Waals surface area contributed by atoms with Crippen molar-refractivity contribution in [2.45, 2.75) is 60.6 Å². The maximum Gasteiger partial charge on any atom is 0.501 e. The Morgan fingerprint density at radius 1 is 1.26 bits per heavy atom. The zero-order chi connectivity index (χ0) is 19.9. The van der Waals surface area contributed by atoms with Crippen molar-refractivity contribution in [2.75, 3.05) is 11.9 Å².